The van der Waals surface area contributed by atoms with Gasteiger partial charge in [0.15, 0.2) is 0 Å². The van der Waals surface area contributed by atoms with Crippen LogP contribution in [0.25, 0.3) is 0 Å². The number of carbonyl (C=O) groups is 9. The monoisotopic (exact) mass is 908 g/mol. The summed E-state index contributed by atoms with van der Waals surface area (Å²) in [5, 5.41) is 41.6. The first-order chi connectivity index (χ1) is 29.4. The second kappa shape index (κ2) is 25.1. The van der Waals surface area contributed by atoms with Crippen LogP contribution in [0.3, 0.4) is 0 Å². The summed E-state index contributed by atoms with van der Waals surface area (Å²) >= 11 is 2.84. The second-order valence-corrected chi connectivity index (χ2v) is 17.5. The number of carboxylic acids is 2. The number of nitrogens with one attached hydrogen (secondary N) is 5. The summed E-state index contributed by atoms with van der Waals surface area (Å²) in [5.74, 6) is -7.08. The number of hydrogen-bond acceptors (Lipinski definition) is 13. The van der Waals surface area contributed by atoms with Crippen molar-refractivity contribution < 1.29 is 58.5 Å². The maximum atomic E-state index is 14.3. The van der Waals surface area contributed by atoms with E-state index in [0.717, 1.165) is 0 Å². The molecule has 2 aliphatic rings. The minimum absolute atomic E-state index is 0.0473. The summed E-state index contributed by atoms with van der Waals surface area (Å²) in [6.45, 7) is 3.06. The van der Waals surface area contributed by atoms with E-state index in [-0.39, 0.29) is 50.4 Å². The minimum atomic E-state index is -1.66. The highest BCUT2D eigenvalue weighted by Gasteiger charge is 2.42. The lowest BCUT2D eigenvalue weighted by atomic mass is 10.0. The van der Waals surface area contributed by atoms with E-state index in [2.05, 4.69) is 26.6 Å². The summed E-state index contributed by atoms with van der Waals surface area (Å²) < 4.78 is 0. The van der Waals surface area contributed by atoms with Crippen molar-refractivity contribution in [3.05, 3.63) is 29.8 Å². The molecule has 0 spiro atoms. The van der Waals surface area contributed by atoms with E-state index in [4.69, 9.17) is 5.73 Å². The van der Waals surface area contributed by atoms with Crippen molar-refractivity contribution >= 4 is 76.8 Å². The number of benzene rings is 1. The molecule has 62 heavy (non-hydrogen) atoms. The Kier molecular flexibility index (Phi) is 20.8. The van der Waals surface area contributed by atoms with Gasteiger partial charge in [0.25, 0.3) is 0 Å². The number of carboxylic acid groups (broad SMARTS) is 2. The number of nitrogens with zero attached hydrogens (tertiary/aromatic N) is 2. The molecule has 0 radical (unpaired) electrons. The summed E-state index contributed by atoms with van der Waals surface area (Å²) in [6.07, 6.45) is 4.46. The molecule has 0 saturated carbocycles. The topological polar surface area (TPSA) is 307 Å². The van der Waals surface area contributed by atoms with Crippen molar-refractivity contribution in [3.8, 4) is 5.75 Å². The smallest absolute Gasteiger partial charge is 0.326 e. The van der Waals surface area contributed by atoms with Gasteiger partial charge in [0.05, 0.1) is 19.0 Å². The normalized spacial score (nSPS) is 18.5. The lowest BCUT2D eigenvalue weighted by Gasteiger charge is -2.31. The van der Waals surface area contributed by atoms with Crippen LogP contribution in [0.4, 0.5) is 0 Å². The molecule has 0 unspecified atom stereocenters. The lowest BCUT2D eigenvalue weighted by molar-refractivity contribution is -0.149. The minimum Gasteiger partial charge on any atom is -0.508 e. The molecular formula is C40H60N8O12S2. The van der Waals surface area contributed by atoms with Crippen LogP contribution < -0.4 is 32.3 Å². The predicted molar refractivity (Wildman–Crippen MR) is 231 cm³/mol. The van der Waals surface area contributed by atoms with Crippen molar-refractivity contribution in [1.29, 1.82) is 0 Å². The Morgan fingerprint density at radius 3 is 1.84 bits per heavy atom. The quantitative estimate of drug-likeness (QED) is 0.0603. The summed E-state index contributed by atoms with van der Waals surface area (Å²) in [6, 6.07) is -2.28. The highest BCUT2D eigenvalue weighted by molar-refractivity contribution is 7.98. The Labute approximate surface area is 369 Å². The van der Waals surface area contributed by atoms with Crippen LogP contribution in [-0.4, -0.2) is 164 Å². The summed E-state index contributed by atoms with van der Waals surface area (Å²) in [7, 11) is 0. The van der Waals surface area contributed by atoms with Crippen LogP contribution in [-0.2, 0) is 49.6 Å². The highest BCUT2D eigenvalue weighted by atomic mass is 32.2. The van der Waals surface area contributed by atoms with Gasteiger partial charge in [0.2, 0.25) is 41.4 Å². The molecule has 7 amide bonds. The molecular weight excluding hydrogens is 849 g/mol. The van der Waals surface area contributed by atoms with Gasteiger partial charge in [-0.1, -0.05) is 26.0 Å². The molecule has 1 aromatic carbocycles. The predicted octanol–water partition coefficient (Wildman–Crippen LogP) is -0.979. The number of nitrogens with two attached hydrogens (primary N) is 1. The summed E-state index contributed by atoms with van der Waals surface area (Å²) in [5.41, 5.74) is 6.46. The van der Waals surface area contributed by atoms with Gasteiger partial charge in [-0.2, -0.15) is 23.5 Å². The molecule has 20 nitrogen and oxygen atoms in total. The zero-order valence-corrected chi connectivity index (χ0v) is 37.1. The van der Waals surface area contributed by atoms with Crippen LogP contribution in [0.15, 0.2) is 24.3 Å². The molecule has 0 aromatic heterocycles. The maximum absolute atomic E-state index is 14.3. The molecule has 3 rings (SSSR count). The molecule has 10 N–H and O–H groups in total. The van der Waals surface area contributed by atoms with Gasteiger partial charge in [0, 0.05) is 19.5 Å². The van der Waals surface area contributed by atoms with E-state index in [9.17, 15) is 58.5 Å². The average Bonchev–Trinajstić information content (AvgIpc) is 3.93. The van der Waals surface area contributed by atoms with Crippen LogP contribution in [0.1, 0.15) is 64.4 Å². The third kappa shape index (κ3) is 15.4. The molecule has 7 atom stereocenters. The molecule has 2 saturated heterocycles. The van der Waals surface area contributed by atoms with Gasteiger partial charge in [-0.05, 0) is 86.2 Å². The van der Waals surface area contributed by atoms with Crippen molar-refractivity contribution in [2.24, 2.45) is 11.7 Å². The van der Waals surface area contributed by atoms with Crippen molar-refractivity contribution in [1.82, 2.24) is 36.4 Å². The SMILES string of the molecule is CSCC[C@H](NC(=O)[C@@H](N)C(C)C)C(=O)N[C@@H](CC(=O)O)C(=O)NCC(=O)N[C@@H](Cc1ccc(O)cc1)C(=O)N1CCC[C@H]1C(=O)N[C@@H](CCSC)C(=O)N1CCC[C@H]1C(=O)O. The van der Waals surface area contributed by atoms with E-state index in [1.54, 1.807) is 20.1 Å². The van der Waals surface area contributed by atoms with Crippen LogP contribution in [0, 0.1) is 5.92 Å². The Hall–Kier alpha value is -5.09. The third-order valence-corrected chi connectivity index (χ3v) is 11.9. The van der Waals surface area contributed by atoms with Crippen molar-refractivity contribution in [2.45, 2.75) is 108 Å². The van der Waals surface area contributed by atoms with E-state index >= 15 is 0 Å². The Bertz CT molecular complexity index is 1770. The lowest BCUT2D eigenvalue weighted by Crippen LogP contribution is -2.58. The van der Waals surface area contributed by atoms with Gasteiger partial charge in [-0.25, -0.2) is 4.79 Å². The molecule has 22 heteroatoms. The van der Waals surface area contributed by atoms with E-state index in [0.29, 0.717) is 36.3 Å². The number of aliphatic carboxylic acids is 2. The van der Waals surface area contributed by atoms with E-state index < -0.39 is 109 Å². The molecule has 1 aromatic rings. The molecule has 2 fully saturated rings. The highest BCUT2D eigenvalue weighted by Crippen LogP contribution is 2.23. The number of phenols is 1. The molecule has 2 aliphatic heterocycles. The Balaban J connectivity index is 1.77. The molecule has 0 bridgehead atoms. The van der Waals surface area contributed by atoms with Gasteiger partial charge in [0.1, 0.15) is 42.0 Å². The fourth-order valence-corrected chi connectivity index (χ4v) is 8.03. The molecule has 0 aliphatic carbocycles. The van der Waals surface area contributed by atoms with Crippen molar-refractivity contribution in [2.75, 3.05) is 43.7 Å². The standard InChI is InChI=1S/C40H60N8O12S2/c1-22(2)33(41)37(56)44-25(13-17-61-3)35(54)46-27(20-32(51)52)34(53)42-21-31(50)43-28(19-23-9-11-24(49)12-10-23)39(58)47-15-5-7-29(47)36(55)45-26(14-18-62-4)38(57)48-16-6-8-30(48)40(59)60/h9-12,22,25-30,33,49H,5-8,13-21,41H2,1-4H3,(H,42,53)(H,43,50)(H,44,56)(H,45,55)(H,46,54)(H,51,52)(H,59,60)/t25-,26-,27-,28-,29-,30-,33-/m0/s1. The van der Waals surface area contributed by atoms with Gasteiger partial charge >= 0.3 is 11.9 Å². The second-order valence-electron chi connectivity index (χ2n) is 15.5. The Morgan fingerprint density at radius 1 is 0.726 bits per heavy atom. The average molecular weight is 909 g/mol. The number of rotatable bonds is 24. The van der Waals surface area contributed by atoms with Crippen LogP contribution in [0.2, 0.25) is 0 Å². The number of aromatic hydroxyl groups is 1. The zero-order valence-electron chi connectivity index (χ0n) is 35.4. The molecule has 2 heterocycles. The van der Waals surface area contributed by atoms with E-state index in [1.165, 1.54) is 57.6 Å². The first-order valence-corrected chi connectivity index (χ1v) is 23.2. The third-order valence-electron chi connectivity index (χ3n) is 10.6. The number of hydrogen-bond donors (Lipinski definition) is 9. The van der Waals surface area contributed by atoms with Crippen LogP contribution in [0.5, 0.6) is 5.75 Å². The number of thioether (sulfide) groups is 2. The maximum Gasteiger partial charge on any atom is 0.326 e. The number of likely N-dealkylation sites (tertiary alicyclic amines) is 2. The van der Waals surface area contributed by atoms with Crippen molar-refractivity contribution in [3.63, 3.8) is 0 Å². The van der Waals surface area contributed by atoms with Gasteiger partial charge < -0.3 is 57.4 Å². The zero-order chi connectivity index (χ0) is 46.1. The number of phenolic OH excluding ortho intramolecular Hbond substituents is 1. The largest absolute Gasteiger partial charge is 0.508 e. The number of amides is 7. The fourth-order valence-electron chi connectivity index (χ4n) is 7.09. The number of carbonyl (C=O) groups excluding carboxylic acids is 7. The summed E-state index contributed by atoms with van der Waals surface area (Å²) in [4.78, 5) is 121. The first kappa shape index (κ1) is 51.3. The van der Waals surface area contributed by atoms with Gasteiger partial charge in [-0.3, -0.25) is 38.4 Å². The van der Waals surface area contributed by atoms with Crippen LogP contribution >= 0.6 is 23.5 Å². The van der Waals surface area contributed by atoms with Gasteiger partial charge in [-0.15, -0.1) is 0 Å². The molecule has 344 valence electrons. The first-order valence-electron chi connectivity index (χ1n) is 20.4. The fraction of sp³-hybridized carbons (Fsp3) is 0.625. The van der Waals surface area contributed by atoms with E-state index in [1.807, 2.05) is 6.26 Å². The Morgan fingerprint density at radius 2 is 1.27 bits per heavy atom.